The molecule has 4 rings (SSSR count). The summed E-state index contributed by atoms with van der Waals surface area (Å²) < 4.78 is 4.86. The van der Waals surface area contributed by atoms with Crippen LogP contribution in [0.2, 0.25) is 0 Å². The number of pyridine rings is 1. The third-order valence-electron chi connectivity index (χ3n) is 6.32. The quantitative estimate of drug-likeness (QED) is 0.474. The lowest BCUT2D eigenvalue weighted by Gasteiger charge is -2.43. The highest BCUT2D eigenvalue weighted by atomic mass is 16.5. The summed E-state index contributed by atoms with van der Waals surface area (Å²) in [5.74, 6) is 0.294. The van der Waals surface area contributed by atoms with E-state index in [9.17, 15) is 14.4 Å². The van der Waals surface area contributed by atoms with E-state index in [1.165, 1.54) is 12.0 Å². The number of imide groups is 1. The highest BCUT2D eigenvalue weighted by Gasteiger charge is 2.39. The molecule has 8 heteroatoms. The summed E-state index contributed by atoms with van der Waals surface area (Å²) >= 11 is 0. The molecule has 0 bridgehead atoms. The zero-order valence-electron chi connectivity index (χ0n) is 19.4. The van der Waals surface area contributed by atoms with E-state index in [4.69, 9.17) is 4.74 Å². The van der Waals surface area contributed by atoms with E-state index in [-0.39, 0.29) is 24.4 Å². The van der Waals surface area contributed by atoms with Crippen molar-refractivity contribution in [2.45, 2.75) is 26.3 Å². The van der Waals surface area contributed by atoms with Gasteiger partial charge >= 0.3 is 5.97 Å². The molecule has 2 aliphatic rings. The Morgan fingerprint density at radius 2 is 1.82 bits per heavy atom. The standard InChI is InChI=1S/C25H30N4O4/c1-17(2)9-11-27-12-13-28(22-14-18(8-10-26-22)25(32)33-3)19(15-27)16-29-23(30)20-6-4-5-7-21(20)24(29)31/h4-8,10,14,17,19H,9,11-13,15-16H2,1-3H3. The van der Waals surface area contributed by atoms with Crippen molar-refractivity contribution in [1.29, 1.82) is 0 Å². The molecular formula is C25H30N4O4. The molecule has 1 aromatic heterocycles. The van der Waals surface area contributed by atoms with Crippen LogP contribution in [-0.2, 0) is 4.74 Å². The van der Waals surface area contributed by atoms with Gasteiger partial charge in [-0.05, 0) is 43.1 Å². The lowest BCUT2D eigenvalue weighted by atomic mass is 10.1. The Labute approximate surface area is 194 Å². The highest BCUT2D eigenvalue weighted by molar-refractivity contribution is 6.21. The first-order chi connectivity index (χ1) is 15.9. The first-order valence-electron chi connectivity index (χ1n) is 11.4. The molecule has 0 spiro atoms. The van der Waals surface area contributed by atoms with Crippen LogP contribution in [0.5, 0.6) is 0 Å². The molecule has 1 saturated heterocycles. The number of aromatic nitrogens is 1. The van der Waals surface area contributed by atoms with Crippen molar-refractivity contribution >= 4 is 23.6 Å². The first kappa shape index (κ1) is 22.9. The largest absolute Gasteiger partial charge is 0.465 e. The first-order valence-corrected chi connectivity index (χ1v) is 11.4. The van der Waals surface area contributed by atoms with Gasteiger partial charge in [-0.2, -0.15) is 0 Å². The number of anilines is 1. The van der Waals surface area contributed by atoms with E-state index in [0.29, 0.717) is 41.5 Å². The van der Waals surface area contributed by atoms with Crippen LogP contribution < -0.4 is 4.90 Å². The summed E-state index contributed by atoms with van der Waals surface area (Å²) in [5, 5.41) is 0. The van der Waals surface area contributed by atoms with Crippen LogP contribution >= 0.6 is 0 Å². The monoisotopic (exact) mass is 450 g/mol. The normalized spacial score (nSPS) is 18.7. The number of fused-ring (bicyclic) bond motifs is 1. The molecule has 0 saturated carbocycles. The molecule has 2 aromatic rings. The number of rotatable bonds is 7. The smallest absolute Gasteiger partial charge is 0.338 e. The SMILES string of the molecule is COC(=O)c1ccnc(N2CCN(CCC(C)C)CC2CN2C(=O)c3ccccc3C2=O)c1. The van der Waals surface area contributed by atoms with Gasteiger partial charge < -0.3 is 9.64 Å². The van der Waals surface area contributed by atoms with Crippen molar-refractivity contribution < 1.29 is 19.1 Å². The van der Waals surface area contributed by atoms with Crippen LogP contribution in [-0.4, -0.2) is 78.4 Å². The maximum atomic E-state index is 13.0. The van der Waals surface area contributed by atoms with Gasteiger partial charge in [-0.1, -0.05) is 26.0 Å². The number of benzene rings is 1. The average Bonchev–Trinajstić information content (AvgIpc) is 3.07. The molecule has 33 heavy (non-hydrogen) atoms. The summed E-state index contributed by atoms with van der Waals surface area (Å²) in [6.45, 7) is 7.85. The number of nitrogens with zero attached hydrogens (tertiary/aromatic N) is 4. The fraction of sp³-hybridized carbons (Fsp3) is 0.440. The molecule has 0 radical (unpaired) electrons. The topological polar surface area (TPSA) is 83.1 Å². The van der Waals surface area contributed by atoms with E-state index in [1.54, 1.807) is 42.6 Å². The molecule has 174 valence electrons. The van der Waals surface area contributed by atoms with Crippen LogP contribution in [0.15, 0.2) is 42.6 Å². The molecule has 1 atom stereocenters. The van der Waals surface area contributed by atoms with Gasteiger partial charge in [0.2, 0.25) is 0 Å². The predicted molar refractivity (Wildman–Crippen MR) is 124 cm³/mol. The summed E-state index contributed by atoms with van der Waals surface area (Å²) in [4.78, 5) is 48.4. The zero-order valence-corrected chi connectivity index (χ0v) is 19.4. The van der Waals surface area contributed by atoms with Crippen molar-refractivity contribution in [1.82, 2.24) is 14.8 Å². The van der Waals surface area contributed by atoms with Crippen molar-refractivity contribution in [3.8, 4) is 0 Å². The van der Waals surface area contributed by atoms with Crippen LogP contribution in [0.4, 0.5) is 5.82 Å². The molecule has 2 aliphatic heterocycles. The second-order valence-corrected chi connectivity index (χ2v) is 8.99. The number of hydrogen-bond acceptors (Lipinski definition) is 7. The van der Waals surface area contributed by atoms with Gasteiger partial charge in [-0.3, -0.25) is 19.4 Å². The summed E-state index contributed by atoms with van der Waals surface area (Å²) in [6.07, 6.45) is 2.67. The van der Waals surface area contributed by atoms with E-state index in [0.717, 1.165) is 19.5 Å². The number of amides is 2. The Morgan fingerprint density at radius 1 is 1.12 bits per heavy atom. The summed E-state index contributed by atoms with van der Waals surface area (Å²) in [7, 11) is 1.35. The van der Waals surface area contributed by atoms with E-state index < -0.39 is 5.97 Å². The molecule has 3 heterocycles. The lowest BCUT2D eigenvalue weighted by Crippen LogP contribution is -2.58. The third-order valence-corrected chi connectivity index (χ3v) is 6.32. The average molecular weight is 451 g/mol. The van der Waals surface area contributed by atoms with Crippen molar-refractivity contribution in [3.63, 3.8) is 0 Å². The Morgan fingerprint density at radius 3 is 2.45 bits per heavy atom. The second kappa shape index (κ2) is 9.70. The second-order valence-electron chi connectivity index (χ2n) is 8.99. The van der Waals surface area contributed by atoms with Gasteiger partial charge in [0.05, 0.1) is 36.4 Å². The Hall–Kier alpha value is -3.26. The fourth-order valence-electron chi connectivity index (χ4n) is 4.46. The van der Waals surface area contributed by atoms with Gasteiger partial charge in [-0.25, -0.2) is 9.78 Å². The van der Waals surface area contributed by atoms with Crippen molar-refractivity contribution in [2.24, 2.45) is 5.92 Å². The van der Waals surface area contributed by atoms with Gasteiger partial charge in [0, 0.05) is 25.8 Å². The number of methoxy groups -OCH3 is 1. The predicted octanol–water partition coefficient (Wildman–Crippen LogP) is 2.70. The Bertz CT molecular complexity index is 1020. The van der Waals surface area contributed by atoms with Gasteiger partial charge in [-0.15, -0.1) is 0 Å². The van der Waals surface area contributed by atoms with Gasteiger partial charge in [0.1, 0.15) is 5.82 Å². The Balaban J connectivity index is 1.59. The number of ether oxygens (including phenoxy) is 1. The minimum atomic E-state index is -0.425. The maximum absolute atomic E-state index is 13.0. The molecule has 1 aromatic carbocycles. The van der Waals surface area contributed by atoms with Crippen molar-refractivity contribution in [3.05, 3.63) is 59.3 Å². The summed E-state index contributed by atoms with van der Waals surface area (Å²) in [6, 6.07) is 10.1. The minimum Gasteiger partial charge on any atom is -0.465 e. The van der Waals surface area contributed by atoms with Crippen molar-refractivity contribution in [2.75, 3.05) is 44.7 Å². The number of piperazine rings is 1. The van der Waals surface area contributed by atoms with E-state index in [2.05, 4.69) is 28.6 Å². The van der Waals surface area contributed by atoms with E-state index in [1.807, 2.05) is 0 Å². The van der Waals surface area contributed by atoms with Crippen LogP contribution in [0.1, 0.15) is 51.3 Å². The number of esters is 1. The summed E-state index contributed by atoms with van der Waals surface area (Å²) in [5.41, 5.74) is 1.32. The Kier molecular flexibility index (Phi) is 6.74. The molecule has 0 N–H and O–H groups in total. The van der Waals surface area contributed by atoms with Crippen LogP contribution in [0, 0.1) is 5.92 Å². The molecule has 1 fully saturated rings. The fourth-order valence-corrected chi connectivity index (χ4v) is 4.46. The van der Waals surface area contributed by atoms with Gasteiger partial charge in [0.25, 0.3) is 11.8 Å². The minimum absolute atomic E-state index is 0.145. The molecule has 2 amide bonds. The zero-order chi connectivity index (χ0) is 23.5. The molecule has 8 nitrogen and oxygen atoms in total. The lowest BCUT2D eigenvalue weighted by molar-refractivity contribution is 0.0597. The van der Waals surface area contributed by atoms with Crippen LogP contribution in [0.3, 0.4) is 0 Å². The third kappa shape index (κ3) is 4.75. The number of carbonyl (C=O) groups is 3. The number of carbonyl (C=O) groups excluding carboxylic acids is 3. The number of hydrogen-bond donors (Lipinski definition) is 0. The van der Waals surface area contributed by atoms with Gasteiger partial charge in [0.15, 0.2) is 0 Å². The maximum Gasteiger partial charge on any atom is 0.338 e. The highest BCUT2D eigenvalue weighted by Crippen LogP contribution is 2.26. The van der Waals surface area contributed by atoms with Crippen LogP contribution in [0.25, 0.3) is 0 Å². The molecule has 0 aliphatic carbocycles. The van der Waals surface area contributed by atoms with E-state index >= 15 is 0 Å². The molecular weight excluding hydrogens is 420 g/mol. The molecule has 1 unspecified atom stereocenters.